The number of likely N-dealkylation sites (N-methyl/N-ethyl adjacent to an activating group) is 2. The molecule has 0 atom stereocenters. The van der Waals surface area contributed by atoms with Gasteiger partial charge in [-0.25, -0.2) is 0 Å². The van der Waals surface area contributed by atoms with Gasteiger partial charge in [0.25, 0.3) is 0 Å². The zero-order valence-electron chi connectivity index (χ0n) is 19.0. The van der Waals surface area contributed by atoms with Crippen molar-refractivity contribution in [2.45, 2.75) is 89.8 Å². The van der Waals surface area contributed by atoms with Crippen LogP contribution < -0.4 is 5.32 Å². The van der Waals surface area contributed by atoms with E-state index in [1.54, 1.807) is 11.3 Å². The normalized spacial score (nSPS) is 31.8. The molecule has 1 N–H and O–H groups in total. The van der Waals surface area contributed by atoms with Crippen LogP contribution in [0.25, 0.3) is 0 Å². The summed E-state index contributed by atoms with van der Waals surface area (Å²) in [5.74, 6) is 0.679. The van der Waals surface area contributed by atoms with E-state index in [4.69, 9.17) is 9.84 Å². The molecule has 3 heterocycles. The maximum absolute atomic E-state index is 6.40. The fourth-order valence-corrected chi connectivity index (χ4v) is 6.43. The minimum Gasteiger partial charge on any atom is -0.374 e. The molecule has 2 aliphatic heterocycles. The lowest BCUT2D eigenvalue weighted by atomic mass is 9.71. The maximum Gasteiger partial charge on any atom is 0.0802 e. The van der Waals surface area contributed by atoms with E-state index in [1.807, 2.05) is 7.05 Å². The summed E-state index contributed by atoms with van der Waals surface area (Å²) >= 11 is 0. The third kappa shape index (κ3) is 3.79. The van der Waals surface area contributed by atoms with Gasteiger partial charge in [0.05, 0.1) is 17.9 Å². The standard InChI is InChI=1S/C24H40N4O/c1-22(2)15-24(29-17-22)7-5-18(6-8-24)21-19(14-27(4)12-11-25-3)26-28-16-23(9-10-23)13-20(21)28/h18,25H,5-17H2,1-4H3. The van der Waals surface area contributed by atoms with E-state index in [0.29, 0.717) is 16.7 Å². The Kier molecular flexibility index (Phi) is 4.88. The first-order valence-corrected chi connectivity index (χ1v) is 11.9. The Balaban J connectivity index is 1.35. The van der Waals surface area contributed by atoms with Gasteiger partial charge in [0.2, 0.25) is 0 Å². The van der Waals surface area contributed by atoms with Crippen LogP contribution in [0, 0.1) is 10.8 Å². The number of hydrogen-bond acceptors (Lipinski definition) is 4. The highest BCUT2D eigenvalue weighted by Gasteiger charge is 2.51. The summed E-state index contributed by atoms with van der Waals surface area (Å²) in [5, 5.41) is 8.46. The zero-order chi connectivity index (χ0) is 20.3. The topological polar surface area (TPSA) is 42.3 Å². The van der Waals surface area contributed by atoms with E-state index in [1.165, 1.54) is 63.6 Å². The number of ether oxygens (including phenoxy) is 1. The van der Waals surface area contributed by atoms with E-state index in [2.05, 4.69) is 35.8 Å². The number of aromatic nitrogens is 2. The monoisotopic (exact) mass is 400 g/mol. The quantitative estimate of drug-likeness (QED) is 0.790. The summed E-state index contributed by atoms with van der Waals surface area (Å²) in [6.45, 7) is 9.92. The Labute approximate surface area is 176 Å². The molecule has 0 bridgehead atoms. The molecule has 2 spiro atoms. The highest BCUT2D eigenvalue weighted by atomic mass is 16.5. The lowest BCUT2D eigenvalue weighted by Gasteiger charge is -2.37. The molecule has 5 rings (SSSR count). The summed E-state index contributed by atoms with van der Waals surface area (Å²) in [6, 6.07) is 0. The van der Waals surface area contributed by atoms with Crippen molar-refractivity contribution < 1.29 is 4.74 Å². The summed E-state index contributed by atoms with van der Waals surface area (Å²) in [7, 11) is 4.27. The van der Waals surface area contributed by atoms with Gasteiger partial charge >= 0.3 is 0 Å². The predicted octanol–water partition coefficient (Wildman–Crippen LogP) is 3.71. The van der Waals surface area contributed by atoms with Gasteiger partial charge in [-0.3, -0.25) is 9.58 Å². The lowest BCUT2D eigenvalue weighted by molar-refractivity contribution is -0.0294. The number of nitrogens with zero attached hydrogens (tertiary/aromatic N) is 3. The first kappa shape index (κ1) is 20.0. The van der Waals surface area contributed by atoms with Crippen molar-refractivity contribution in [1.82, 2.24) is 20.0 Å². The van der Waals surface area contributed by atoms with Gasteiger partial charge in [0, 0.05) is 37.4 Å². The minimum absolute atomic E-state index is 0.164. The van der Waals surface area contributed by atoms with Gasteiger partial charge in [-0.15, -0.1) is 0 Å². The van der Waals surface area contributed by atoms with Crippen LogP contribution in [0.15, 0.2) is 0 Å². The molecule has 0 radical (unpaired) electrons. The van der Waals surface area contributed by atoms with Crippen LogP contribution in [0.5, 0.6) is 0 Å². The Morgan fingerprint density at radius 1 is 1.21 bits per heavy atom. The van der Waals surface area contributed by atoms with Crippen LogP contribution in [0.1, 0.15) is 81.7 Å². The third-order valence-corrected chi connectivity index (χ3v) is 8.20. The molecular formula is C24H40N4O. The molecule has 1 aromatic heterocycles. The average Bonchev–Trinajstić information content (AvgIpc) is 3.09. The first-order valence-electron chi connectivity index (χ1n) is 11.9. The highest BCUT2D eigenvalue weighted by Crippen LogP contribution is 2.56. The van der Waals surface area contributed by atoms with Crippen LogP contribution >= 0.6 is 0 Å². The molecule has 0 unspecified atom stereocenters. The third-order valence-electron chi connectivity index (χ3n) is 8.20. The van der Waals surface area contributed by atoms with E-state index >= 15 is 0 Å². The second-order valence-corrected chi connectivity index (χ2v) is 11.6. The predicted molar refractivity (Wildman–Crippen MR) is 116 cm³/mol. The molecule has 0 aromatic carbocycles. The fraction of sp³-hybridized carbons (Fsp3) is 0.875. The van der Waals surface area contributed by atoms with E-state index in [-0.39, 0.29) is 5.60 Å². The van der Waals surface area contributed by atoms with Crippen molar-refractivity contribution in [3.63, 3.8) is 0 Å². The smallest absolute Gasteiger partial charge is 0.0802 e. The van der Waals surface area contributed by atoms with E-state index < -0.39 is 0 Å². The average molecular weight is 401 g/mol. The van der Waals surface area contributed by atoms with Gasteiger partial charge in [0.15, 0.2) is 0 Å². The maximum atomic E-state index is 6.40. The van der Waals surface area contributed by atoms with Crippen molar-refractivity contribution in [2.24, 2.45) is 10.8 Å². The molecule has 0 amide bonds. The molecule has 5 nitrogen and oxygen atoms in total. The Hall–Kier alpha value is -0.910. The number of hydrogen-bond donors (Lipinski definition) is 1. The molecule has 1 saturated heterocycles. The molecule has 5 heteroatoms. The summed E-state index contributed by atoms with van der Waals surface area (Å²) in [5.41, 5.74) is 5.69. The van der Waals surface area contributed by atoms with Crippen LogP contribution in [0.2, 0.25) is 0 Å². The van der Waals surface area contributed by atoms with Crippen LogP contribution in [-0.2, 0) is 24.2 Å². The van der Waals surface area contributed by atoms with Crippen LogP contribution in [-0.4, -0.2) is 54.1 Å². The number of fused-ring (bicyclic) bond motifs is 1. The molecule has 1 aromatic rings. The van der Waals surface area contributed by atoms with Gasteiger partial charge in [0.1, 0.15) is 0 Å². The largest absolute Gasteiger partial charge is 0.374 e. The molecule has 2 aliphatic carbocycles. The molecule has 4 aliphatic rings. The molecular weight excluding hydrogens is 360 g/mol. The molecule has 29 heavy (non-hydrogen) atoms. The van der Waals surface area contributed by atoms with Crippen molar-refractivity contribution in [2.75, 3.05) is 33.8 Å². The van der Waals surface area contributed by atoms with Gasteiger partial charge in [-0.05, 0) is 82.2 Å². The summed E-state index contributed by atoms with van der Waals surface area (Å²) < 4.78 is 8.81. The van der Waals surface area contributed by atoms with Crippen molar-refractivity contribution in [3.05, 3.63) is 17.0 Å². The number of rotatable bonds is 6. The van der Waals surface area contributed by atoms with Crippen molar-refractivity contribution >= 4 is 0 Å². The second-order valence-electron chi connectivity index (χ2n) is 11.6. The highest BCUT2D eigenvalue weighted by molar-refractivity contribution is 5.35. The second kappa shape index (κ2) is 7.06. The Morgan fingerprint density at radius 3 is 2.59 bits per heavy atom. The van der Waals surface area contributed by atoms with E-state index in [0.717, 1.165) is 26.2 Å². The van der Waals surface area contributed by atoms with Crippen LogP contribution in [0.4, 0.5) is 0 Å². The molecule has 2 saturated carbocycles. The Bertz CT molecular complexity index is 755. The Morgan fingerprint density at radius 2 is 1.97 bits per heavy atom. The van der Waals surface area contributed by atoms with Crippen LogP contribution in [0.3, 0.4) is 0 Å². The summed E-state index contributed by atoms with van der Waals surface area (Å²) in [4.78, 5) is 2.43. The van der Waals surface area contributed by atoms with Gasteiger partial charge in [-0.1, -0.05) is 13.8 Å². The fourth-order valence-electron chi connectivity index (χ4n) is 6.43. The van der Waals surface area contributed by atoms with Gasteiger partial charge in [-0.2, -0.15) is 5.10 Å². The van der Waals surface area contributed by atoms with Crippen molar-refractivity contribution in [3.8, 4) is 0 Å². The van der Waals surface area contributed by atoms with Gasteiger partial charge < -0.3 is 10.1 Å². The molecule has 3 fully saturated rings. The molecule has 162 valence electrons. The summed E-state index contributed by atoms with van der Waals surface area (Å²) in [6.07, 6.45) is 10.3. The SMILES string of the molecule is CNCCN(C)Cc1nn2c(c1C1CCC3(CC1)CC(C)(C)CO3)CC1(CC1)C2. The first-order chi connectivity index (χ1) is 13.8. The number of nitrogens with one attached hydrogen (secondary N) is 1. The minimum atomic E-state index is 0.164. The zero-order valence-corrected chi connectivity index (χ0v) is 19.0. The van der Waals surface area contributed by atoms with Crippen molar-refractivity contribution in [1.29, 1.82) is 0 Å². The van der Waals surface area contributed by atoms with E-state index in [9.17, 15) is 0 Å². The lowest BCUT2D eigenvalue weighted by Crippen LogP contribution is -2.34.